The molecule has 4 nitrogen and oxygen atoms in total. The van der Waals surface area contributed by atoms with E-state index in [1.165, 1.54) is 14.2 Å². The van der Waals surface area contributed by atoms with E-state index in [2.05, 4.69) is 0 Å². The molecule has 0 aliphatic rings. The Hall–Kier alpha value is -1.55. The summed E-state index contributed by atoms with van der Waals surface area (Å²) in [4.78, 5) is 10.8. The van der Waals surface area contributed by atoms with Gasteiger partial charge in [-0.3, -0.25) is 0 Å². The number of benzene rings is 1. The Morgan fingerprint density at radius 1 is 1.43 bits per heavy atom. The predicted molar refractivity (Wildman–Crippen MR) is 50.4 cm³/mol. The second-order valence-corrected chi connectivity index (χ2v) is 2.73. The summed E-state index contributed by atoms with van der Waals surface area (Å²) in [5.41, 5.74) is 0.569. The molecule has 0 aliphatic heterocycles. The zero-order chi connectivity index (χ0) is 10.6. The van der Waals surface area contributed by atoms with E-state index in [-0.39, 0.29) is 0 Å². The summed E-state index contributed by atoms with van der Waals surface area (Å²) in [6.45, 7) is 0. The average molecular weight is 196 g/mol. The number of carboxylic acid groups (broad SMARTS) is 1. The molecule has 0 aliphatic carbocycles. The van der Waals surface area contributed by atoms with E-state index in [0.29, 0.717) is 11.3 Å². The molecule has 76 valence electrons. The Labute approximate surface area is 82.1 Å². The van der Waals surface area contributed by atoms with Gasteiger partial charge in [-0.1, -0.05) is 12.1 Å². The lowest BCUT2D eigenvalue weighted by molar-refractivity contribution is -0.148. The second kappa shape index (κ2) is 4.62. The van der Waals surface area contributed by atoms with Gasteiger partial charge < -0.3 is 14.6 Å². The van der Waals surface area contributed by atoms with Gasteiger partial charge in [-0.15, -0.1) is 0 Å². The van der Waals surface area contributed by atoms with Crippen molar-refractivity contribution in [3.63, 3.8) is 0 Å². The van der Waals surface area contributed by atoms with Crippen molar-refractivity contribution in [2.24, 2.45) is 0 Å². The van der Waals surface area contributed by atoms with Crippen molar-refractivity contribution < 1.29 is 19.4 Å². The molecule has 0 saturated carbocycles. The van der Waals surface area contributed by atoms with Crippen LogP contribution in [0.2, 0.25) is 0 Å². The summed E-state index contributed by atoms with van der Waals surface area (Å²) in [6.07, 6.45) is -0.940. The summed E-state index contributed by atoms with van der Waals surface area (Å²) in [5.74, 6) is -0.397. The number of carboxylic acids is 1. The molecule has 1 unspecified atom stereocenters. The standard InChI is InChI=1S/C10H12O4/c1-13-8-5-3-4-7(6-8)9(14-2)10(11)12/h3-6,9H,1-2H3,(H,11,12). The third-order valence-electron chi connectivity index (χ3n) is 1.86. The third-order valence-corrected chi connectivity index (χ3v) is 1.86. The molecule has 4 heteroatoms. The van der Waals surface area contributed by atoms with Gasteiger partial charge in [0, 0.05) is 7.11 Å². The molecule has 0 fully saturated rings. The molecule has 1 rings (SSSR count). The summed E-state index contributed by atoms with van der Waals surface area (Å²) in [6, 6.07) is 6.80. The predicted octanol–water partition coefficient (Wildman–Crippen LogP) is 1.47. The van der Waals surface area contributed by atoms with Gasteiger partial charge >= 0.3 is 5.97 Å². The number of methoxy groups -OCH3 is 2. The molecule has 1 N–H and O–H groups in total. The summed E-state index contributed by atoms with van der Waals surface area (Å²) in [7, 11) is 2.89. The Morgan fingerprint density at radius 3 is 2.64 bits per heavy atom. The smallest absolute Gasteiger partial charge is 0.337 e. The van der Waals surface area contributed by atoms with Crippen LogP contribution in [-0.2, 0) is 9.53 Å². The first-order valence-corrected chi connectivity index (χ1v) is 4.08. The zero-order valence-electron chi connectivity index (χ0n) is 8.06. The number of hydrogen-bond donors (Lipinski definition) is 1. The SMILES string of the molecule is COc1cccc(C(OC)C(=O)O)c1. The number of ether oxygens (including phenoxy) is 2. The lowest BCUT2D eigenvalue weighted by Crippen LogP contribution is -2.13. The van der Waals surface area contributed by atoms with Gasteiger partial charge in [-0.25, -0.2) is 4.79 Å². The molecule has 0 bridgehead atoms. The molecular formula is C10H12O4. The molecule has 0 spiro atoms. The van der Waals surface area contributed by atoms with Gasteiger partial charge in [-0.05, 0) is 17.7 Å². The van der Waals surface area contributed by atoms with Crippen LogP contribution >= 0.6 is 0 Å². The van der Waals surface area contributed by atoms with Crippen molar-refractivity contribution in [3.05, 3.63) is 29.8 Å². The lowest BCUT2D eigenvalue weighted by atomic mass is 10.1. The van der Waals surface area contributed by atoms with Crippen molar-refractivity contribution in [1.82, 2.24) is 0 Å². The average Bonchev–Trinajstić information content (AvgIpc) is 2.19. The second-order valence-electron chi connectivity index (χ2n) is 2.73. The first kappa shape index (κ1) is 10.5. The lowest BCUT2D eigenvalue weighted by Gasteiger charge is -2.11. The third kappa shape index (κ3) is 2.23. The van der Waals surface area contributed by atoms with Crippen molar-refractivity contribution in [3.8, 4) is 5.75 Å². The van der Waals surface area contributed by atoms with E-state index in [1.807, 2.05) is 0 Å². The minimum atomic E-state index is -1.01. The van der Waals surface area contributed by atoms with Gasteiger partial charge in [0.1, 0.15) is 5.75 Å². The molecule has 0 heterocycles. The molecule has 1 aromatic carbocycles. The number of hydrogen-bond acceptors (Lipinski definition) is 3. The number of aliphatic carboxylic acids is 1. The fourth-order valence-corrected chi connectivity index (χ4v) is 1.18. The summed E-state index contributed by atoms with van der Waals surface area (Å²) in [5, 5.41) is 8.82. The quantitative estimate of drug-likeness (QED) is 0.792. The van der Waals surface area contributed by atoms with Crippen LogP contribution in [-0.4, -0.2) is 25.3 Å². The highest BCUT2D eigenvalue weighted by molar-refractivity contribution is 5.74. The molecule has 0 radical (unpaired) electrons. The van der Waals surface area contributed by atoms with Gasteiger partial charge in [0.2, 0.25) is 0 Å². The van der Waals surface area contributed by atoms with E-state index in [0.717, 1.165) is 0 Å². The Kier molecular flexibility index (Phi) is 3.48. The minimum absolute atomic E-state index is 0.569. The number of rotatable bonds is 4. The van der Waals surface area contributed by atoms with Crippen LogP contribution in [0.3, 0.4) is 0 Å². The van der Waals surface area contributed by atoms with Crippen LogP contribution < -0.4 is 4.74 Å². The molecule has 0 amide bonds. The van der Waals surface area contributed by atoms with Crippen molar-refractivity contribution in [1.29, 1.82) is 0 Å². The first-order chi connectivity index (χ1) is 6.69. The van der Waals surface area contributed by atoms with E-state index in [1.54, 1.807) is 24.3 Å². The van der Waals surface area contributed by atoms with Crippen molar-refractivity contribution >= 4 is 5.97 Å². The highest BCUT2D eigenvalue weighted by Crippen LogP contribution is 2.21. The molecule has 0 aromatic heterocycles. The molecule has 14 heavy (non-hydrogen) atoms. The van der Waals surface area contributed by atoms with E-state index < -0.39 is 12.1 Å². The molecular weight excluding hydrogens is 184 g/mol. The van der Waals surface area contributed by atoms with E-state index in [9.17, 15) is 4.79 Å². The fraction of sp³-hybridized carbons (Fsp3) is 0.300. The van der Waals surface area contributed by atoms with Crippen LogP contribution in [0.25, 0.3) is 0 Å². The molecule has 1 atom stereocenters. The Morgan fingerprint density at radius 2 is 2.14 bits per heavy atom. The minimum Gasteiger partial charge on any atom is -0.497 e. The van der Waals surface area contributed by atoms with E-state index in [4.69, 9.17) is 14.6 Å². The Balaban J connectivity index is 2.98. The van der Waals surface area contributed by atoms with Crippen LogP contribution in [0.4, 0.5) is 0 Å². The number of carbonyl (C=O) groups is 1. The highest BCUT2D eigenvalue weighted by Gasteiger charge is 2.18. The first-order valence-electron chi connectivity index (χ1n) is 4.08. The van der Waals surface area contributed by atoms with Gasteiger partial charge in [0.05, 0.1) is 7.11 Å². The highest BCUT2D eigenvalue weighted by atomic mass is 16.5. The van der Waals surface area contributed by atoms with Crippen molar-refractivity contribution in [2.45, 2.75) is 6.10 Å². The fourth-order valence-electron chi connectivity index (χ4n) is 1.18. The molecule has 1 aromatic rings. The normalized spacial score (nSPS) is 12.1. The maximum absolute atomic E-state index is 10.8. The monoisotopic (exact) mass is 196 g/mol. The zero-order valence-corrected chi connectivity index (χ0v) is 8.06. The topological polar surface area (TPSA) is 55.8 Å². The molecule has 0 saturated heterocycles. The van der Waals surface area contributed by atoms with E-state index >= 15 is 0 Å². The van der Waals surface area contributed by atoms with Crippen LogP contribution in [0.15, 0.2) is 24.3 Å². The van der Waals surface area contributed by atoms with Gasteiger partial charge in [0.25, 0.3) is 0 Å². The maximum Gasteiger partial charge on any atom is 0.337 e. The van der Waals surface area contributed by atoms with Gasteiger partial charge in [-0.2, -0.15) is 0 Å². The van der Waals surface area contributed by atoms with Crippen LogP contribution in [0.5, 0.6) is 5.75 Å². The maximum atomic E-state index is 10.8. The summed E-state index contributed by atoms with van der Waals surface area (Å²) >= 11 is 0. The van der Waals surface area contributed by atoms with Crippen LogP contribution in [0.1, 0.15) is 11.7 Å². The summed E-state index contributed by atoms with van der Waals surface area (Å²) < 4.78 is 9.82. The van der Waals surface area contributed by atoms with Gasteiger partial charge in [0.15, 0.2) is 6.10 Å². The largest absolute Gasteiger partial charge is 0.497 e. The van der Waals surface area contributed by atoms with Crippen LogP contribution in [0, 0.1) is 0 Å². The Bertz CT molecular complexity index is 322. The van der Waals surface area contributed by atoms with Crippen molar-refractivity contribution in [2.75, 3.05) is 14.2 Å².